The molecular formula is C18H19FN2O. The Kier molecular flexibility index (Phi) is 4.49. The van der Waals surface area contributed by atoms with Gasteiger partial charge in [-0.15, -0.1) is 0 Å². The molecule has 2 N–H and O–H groups in total. The van der Waals surface area contributed by atoms with Gasteiger partial charge in [0.1, 0.15) is 5.82 Å². The second-order valence-electron chi connectivity index (χ2n) is 5.70. The number of amides is 1. The van der Waals surface area contributed by atoms with Gasteiger partial charge in [-0.3, -0.25) is 4.79 Å². The van der Waals surface area contributed by atoms with Crippen LogP contribution < -0.4 is 10.6 Å². The van der Waals surface area contributed by atoms with Gasteiger partial charge in [0.15, 0.2) is 0 Å². The second-order valence-corrected chi connectivity index (χ2v) is 5.70. The zero-order valence-corrected chi connectivity index (χ0v) is 12.3. The van der Waals surface area contributed by atoms with Gasteiger partial charge >= 0.3 is 0 Å². The Hall–Kier alpha value is -2.20. The highest BCUT2D eigenvalue weighted by Crippen LogP contribution is 2.31. The van der Waals surface area contributed by atoms with E-state index in [0.29, 0.717) is 6.41 Å². The molecule has 0 aliphatic heterocycles. The fourth-order valence-electron chi connectivity index (χ4n) is 2.58. The summed E-state index contributed by atoms with van der Waals surface area (Å²) in [6.45, 7) is 0.952. The average Bonchev–Trinajstić information content (AvgIpc) is 3.36. The van der Waals surface area contributed by atoms with Crippen molar-refractivity contribution in [1.82, 2.24) is 5.32 Å². The molecule has 0 saturated heterocycles. The fraction of sp³-hybridized carbons (Fsp3) is 0.278. The monoisotopic (exact) mass is 298 g/mol. The van der Waals surface area contributed by atoms with Crippen molar-refractivity contribution in [2.75, 3.05) is 11.9 Å². The molecule has 2 aromatic carbocycles. The van der Waals surface area contributed by atoms with Crippen LogP contribution in [0.2, 0.25) is 0 Å². The van der Waals surface area contributed by atoms with Gasteiger partial charge in [-0.25, -0.2) is 4.39 Å². The normalized spacial score (nSPS) is 15.3. The summed E-state index contributed by atoms with van der Waals surface area (Å²) in [4.78, 5) is 10.6. The molecule has 1 amide bonds. The van der Waals surface area contributed by atoms with E-state index in [4.69, 9.17) is 0 Å². The molecule has 1 aliphatic rings. The maximum absolute atomic E-state index is 13.7. The molecular weight excluding hydrogens is 279 g/mol. The summed E-state index contributed by atoms with van der Waals surface area (Å²) in [5.41, 5.74) is 2.28. The highest BCUT2D eigenvalue weighted by Gasteiger charge is 2.23. The zero-order valence-electron chi connectivity index (χ0n) is 12.3. The maximum atomic E-state index is 13.7. The van der Waals surface area contributed by atoms with Gasteiger partial charge in [-0.1, -0.05) is 36.4 Å². The van der Waals surface area contributed by atoms with Crippen molar-refractivity contribution in [2.24, 2.45) is 5.92 Å². The van der Waals surface area contributed by atoms with Gasteiger partial charge in [0.2, 0.25) is 6.41 Å². The molecule has 1 fully saturated rings. The summed E-state index contributed by atoms with van der Waals surface area (Å²) in [6, 6.07) is 14.9. The first-order valence-electron chi connectivity index (χ1n) is 7.56. The highest BCUT2D eigenvalue weighted by atomic mass is 19.1. The first-order valence-corrected chi connectivity index (χ1v) is 7.56. The van der Waals surface area contributed by atoms with Crippen LogP contribution in [0, 0.1) is 11.7 Å². The highest BCUT2D eigenvalue weighted by molar-refractivity contribution is 5.72. The number of halogens is 1. The smallest absolute Gasteiger partial charge is 0.211 e. The Morgan fingerprint density at radius 3 is 2.59 bits per heavy atom. The van der Waals surface area contributed by atoms with Crippen molar-refractivity contribution in [3.8, 4) is 0 Å². The quantitative estimate of drug-likeness (QED) is 0.768. The summed E-state index contributed by atoms with van der Waals surface area (Å²) >= 11 is 0. The lowest BCUT2D eigenvalue weighted by molar-refractivity contribution is -0.105. The minimum Gasteiger partial charge on any atom is -0.326 e. The fourth-order valence-corrected chi connectivity index (χ4v) is 2.58. The molecule has 0 spiro atoms. The standard InChI is InChI=1S/C18H19FN2O/c19-16-9-8-15(10-17(16)21-12-22)18(20-11-13-6-7-13)14-4-2-1-3-5-14/h1-5,8-10,12-13,18,20H,6-7,11H2,(H,21,22). The van der Waals surface area contributed by atoms with Gasteiger partial charge in [-0.2, -0.15) is 0 Å². The van der Waals surface area contributed by atoms with Gasteiger partial charge in [0.05, 0.1) is 11.7 Å². The summed E-state index contributed by atoms with van der Waals surface area (Å²) in [7, 11) is 0. The minimum atomic E-state index is -0.426. The van der Waals surface area contributed by atoms with Crippen LogP contribution in [0.3, 0.4) is 0 Å². The zero-order chi connectivity index (χ0) is 15.4. The van der Waals surface area contributed by atoms with Crippen LogP contribution in [0.1, 0.15) is 30.0 Å². The molecule has 3 rings (SSSR count). The molecule has 1 unspecified atom stereocenters. The Morgan fingerprint density at radius 2 is 1.91 bits per heavy atom. The first kappa shape index (κ1) is 14.7. The van der Waals surface area contributed by atoms with E-state index in [-0.39, 0.29) is 11.7 Å². The van der Waals surface area contributed by atoms with Crippen molar-refractivity contribution in [1.29, 1.82) is 0 Å². The van der Waals surface area contributed by atoms with E-state index in [2.05, 4.69) is 22.8 Å². The summed E-state index contributed by atoms with van der Waals surface area (Å²) in [5.74, 6) is 0.323. The SMILES string of the molecule is O=CNc1cc(C(NCC2CC2)c2ccccc2)ccc1F. The van der Waals surface area contributed by atoms with E-state index < -0.39 is 5.82 Å². The van der Waals surface area contributed by atoms with Gasteiger partial charge < -0.3 is 10.6 Å². The Balaban J connectivity index is 1.90. The summed E-state index contributed by atoms with van der Waals surface area (Å²) < 4.78 is 13.7. The van der Waals surface area contributed by atoms with E-state index in [1.165, 1.54) is 18.9 Å². The Bertz CT molecular complexity index is 641. The lowest BCUT2D eigenvalue weighted by Gasteiger charge is -2.20. The van der Waals surface area contributed by atoms with Crippen molar-refractivity contribution < 1.29 is 9.18 Å². The third kappa shape index (κ3) is 3.52. The number of carbonyl (C=O) groups is 1. The van der Waals surface area contributed by atoms with Gasteiger partial charge in [0.25, 0.3) is 0 Å². The number of anilines is 1. The molecule has 0 aromatic heterocycles. The molecule has 114 valence electrons. The molecule has 0 bridgehead atoms. The minimum absolute atomic E-state index is 0.00500. The number of benzene rings is 2. The number of rotatable bonds is 7. The van der Waals surface area contributed by atoms with Gasteiger partial charge in [-0.05, 0) is 48.6 Å². The van der Waals surface area contributed by atoms with Crippen molar-refractivity contribution in [2.45, 2.75) is 18.9 Å². The Labute approximate surface area is 129 Å². The molecule has 0 heterocycles. The lowest BCUT2D eigenvalue weighted by atomic mass is 9.98. The number of carbonyl (C=O) groups excluding carboxylic acids is 1. The topological polar surface area (TPSA) is 41.1 Å². The third-order valence-corrected chi connectivity index (χ3v) is 3.98. The largest absolute Gasteiger partial charge is 0.326 e. The molecule has 3 nitrogen and oxygen atoms in total. The lowest BCUT2D eigenvalue weighted by Crippen LogP contribution is -2.24. The molecule has 1 atom stereocenters. The van der Waals surface area contributed by atoms with Crippen LogP contribution >= 0.6 is 0 Å². The maximum Gasteiger partial charge on any atom is 0.211 e. The first-order chi connectivity index (χ1) is 10.8. The van der Waals surface area contributed by atoms with Crippen LogP contribution in [0.25, 0.3) is 0 Å². The van der Waals surface area contributed by atoms with Crippen molar-refractivity contribution in [3.63, 3.8) is 0 Å². The van der Waals surface area contributed by atoms with E-state index in [0.717, 1.165) is 23.6 Å². The molecule has 4 heteroatoms. The van der Waals surface area contributed by atoms with Crippen LogP contribution in [0.4, 0.5) is 10.1 Å². The van der Waals surface area contributed by atoms with E-state index in [9.17, 15) is 9.18 Å². The summed E-state index contributed by atoms with van der Waals surface area (Å²) in [6.07, 6.45) is 3.04. The van der Waals surface area contributed by atoms with Crippen LogP contribution in [-0.2, 0) is 4.79 Å². The van der Waals surface area contributed by atoms with Crippen molar-refractivity contribution in [3.05, 3.63) is 65.5 Å². The number of hydrogen-bond acceptors (Lipinski definition) is 2. The molecule has 22 heavy (non-hydrogen) atoms. The van der Waals surface area contributed by atoms with E-state index in [1.54, 1.807) is 12.1 Å². The predicted molar refractivity (Wildman–Crippen MR) is 85.1 cm³/mol. The molecule has 1 aliphatic carbocycles. The van der Waals surface area contributed by atoms with Gasteiger partial charge in [0, 0.05) is 0 Å². The third-order valence-electron chi connectivity index (χ3n) is 3.98. The second kappa shape index (κ2) is 6.71. The van der Waals surface area contributed by atoms with Crippen LogP contribution in [0.5, 0.6) is 0 Å². The van der Waals surface area contributed by atoms with E-state index >= 15 is 0 Å². The van der Waals surface area contributed by atoms with Crippen LogP contribution in [0.15, 0.2) is 48.5 Å². The van der Waals surface area contributed by atoms with Crippen molar-refractivity contribution >= 4 is 12.1 Å². The van der Waals surface area contributed by atoms with Crippen LogP contribution in [-0.4, -0.2) is 13.0 Å². The van der Waals surface area contributed by atoms with E-state index in [1.807, 2.05) is 18.2 Å². The number of nitrogens with one attached hydrogen (secondary N) is 2. The molecule has 0 radical (unpaired) electrons. The number of hydrogen-bond donors (Lipinski definition) is 2. The summed E-state index contributed by atoms with van der Waals surface area (Å²) in [5, 5.41) is 5.98. The average molecular weight is 298 g/mol. The molecule has 1 saturated carbocycles. The Morgan fingerprint density at radius 1 is 1.14 bits per heavy atom. The predicted octanol–water partition coefficient (Wildman–Crippen LogP) is 3.48. The molecule has 2 aromatic rings.